The van der Waals surface area contributed by atoms with Crippen molar-refractivity contribution in [1.82, 2.24) is 4.98 Å². The van der Waals surface area contributed by atoms with Crippen LogP contribution in [0.25, 0.3) is 0 Å². The third kappa shape index (κ3) is 2.87. The molecule has 2 aromatic rings. The molecule has 0 amide bonds. The number of hydrogen-bond acceptors (Lipinski definition) is 5. The number of phenolic OH excluding ortho intramolecular Hbond substituents is 1. The number of aromatic nitrogens is 1. The van der Waals surface area contributed by atoms with Crippen LogP contribution in [0.1, 0.15) is 5.56 Å². The minimum absolute atomic E-state index is 0.0338. The second-order valence-electron chi connectivity index (χ2n) is 3.71. The summed E-state index contributed by atoms with van der Waals surface area (Å²) in [6.45, 7) is 1.65. The maximum absolute atomic E-state index is 10.8. The van der Waals surface area contributed by atoms with Crippen LogP contribution < -0.4 is 0 Å². The molecule has 1 heterocycles. The minimum Gasteiger partial charge on any atom is -0.507 e. The number of phenols is 1. The summed E-state index contributed by atoms with van der Waals surface area (Å²) < 4.78 is 0.565. The standard InChI is InChI=1S/C12H9BrN2O3S/c1-7-8(15(17)18)6-14-12(11(7)13)19-10-5-3-2-4-9(10)16/h2-6,16H,1H3. The van der Waals surface area contributed by atoms with Crippen LogP contribution in [-0.2, 0) is 0 Å². The maximum Gasteiger partial charge on any atom is 0.291 e. The van der Waals surface area contributed by atoms with Gasteiger partial charge in [0.05, 0.1) is 14.3 Å². The lowest BCUT2D eigenvalue weighted by Crippen LogP contribution is -1.95. The SMILES string of the molecule is Cc1c([N+](=O)[O-])cnc(Sc2ccccc2O)c1Br. The largest absolute Gasteiger partial charge is 0.507 e. The van der Waals surface area contributed by atoms with Crippen molar-refractivity contribution >= 4 is 33.4 Å². The highest BCUT2D eigenvalue weighted by Crippen LogP contribution is 2.39. The van der Waals surface area contributed by atoms with Crippen molar-refractivity contribution < 1.29 is 10.0 Å². The van der Waals surface area contributed by atoms with Crippen LogP contribution in [-0.4, -0.2) is 15.0 Å². The second kappa shape index (κ2) is 5.58. The Morgan fingerprint density at radius 1 is 1.42 bits per heavy atom. The normalized spacial score (nSPS) is 10.4. The lowest BCUT2D eigenvalue weighted by molar-refractivity contribution is -0.385. The monoisotopic (exact) mass is 340 g/mol. The van der Waals surface area contributed by atoms with E-state index < -0.39 is 4.92 Å². The van der Waals surface area contributed by atoms with E-state index >= 15 is 0 Å². The fourth-order valence-electron chi connectivity index (χ4n) is 1.45. The third-order valence-corrected chi connectivity index (χ3v) is 4.77. The van der Waals surface area contributed by atoms with E-state index in [9.17, 15) is 15.2 Å². The molecule has 19 heavy (non-hydrogen) atoms. The molecule has 0 unspecified atom stereocenters. The molecule has 0 bridgehead atoms. The van der Waals surface area contributed by atoms with Crippen LogP contribution in [0.4, 0.5) is 5.69 Å². The maximum atomic E-state index is 10.8. The summed E-state index contributed by atoms with van der Waals surface area (Å²) in [7, 11) is 0. The summed E-state index contributed by atoms with van der Waals surface area (Å²) in [5.41, 5.74) is 0.478. The van der Waals surface area contributed by atoms with E-state index in [1.54, 1.807) is 31.2 Å². The van der Waals surface area contributed by atoms with E-state index in [1.807, 2.05) is 0 Å². The van der Waals surface area contributed by atoms with Gasteiger partial charge in [0.2, 0.25) is 0 Å². The second-order valence-corrected chi connectivity index (χ2v) is 5.54. The molecular weight excluding hydrogens is 332 g/mol. The molecule has 0 atom stereocenters. The molecule has 0 aliphatic carbocycles. The van der Waals surface area contributed by atoms with Crippen molar-refractivity contribution in [1.29, 1.82) is 0 Å². The van der Waals surface area contributed by atoms with E-state index in [0.717, 1.165) is 0 Å². The van der Waals surface area contributed by atoms with Gasteiger partial charge >= 0.3 is 0 Å². The van der Waals surface area contributed by atoms with Crippen LogP contribution in [0, 0.1) is 17.0 Å². The summed E-state index contributed by atoms with van der Waals surface area (Å²) in [5, 5.41) is 21.1. The summed E-state index contributed by atoms with van der Waals surface area (Å²) in [6, 6.07) is 6.86. The van der Waals surface area contributed by atoms with Crippen LogP contribution >= 0.6 is 27.7 Å². The molecule has 0 saturated carbocycles. The molecule has 0 spiro atoms. The summed E-state index contributed by atoms with van der Waals surface area (Å²) in [6.07, 6.45) is 1.22. The van der Waals surface area contributed by atoms with Crippen molar-refractivity contribution in [2.24, 2.45) is 0 Å². The van der Waals surface area contributed by atoms with Crippen molar-refractivity contribution in [3.63, 3.8) is 0 Å². The van der Waals surface area contributed by atoms with Gasteiger partial charge in [-0.15, -0.1) is 0 Å². The molecule has 0 aliphatic heterocycles. The highest BCUT2D eigenvalue weighted by molar-refractivity contribution is 9.10. The van der Waals surface area contributed by atoms with Crippen molar-refractivity contribution in [2.75, 3.05) is 0 Å². The highest BCUT2D eigenvalue weighted by atomic mass is 79.9. The molecule has 1 aromatic heterocycles. The van der Waals surface area contributed by atoms with E-state index in [-0.39, 0.29) is 11.4 Å². The molecule has 0 radical (unpaired) electrons. The number of halogens is 1. The smallest absolute Gasteiger partial charge is 0.291 e. The van der Waals surface area contributed by atoms with Crippen molar-refractivity contribution in [3.05, 3.63) is 50.6 Å². The van der Waals surface area contributed by atoms with Gasteiger partial charge in [0.25, 0.3) is 5.69 Å². The van der Waals surface area contributed by atoms with Gasteiger partial charge in [-0.3, -0.25) is 10.1 Å². The molecule has 0 fully saturated rings. The number of hydrogen-bond donors (Lipinski definition) is 1. The number of aromatic hydroxyl groups is 1. The van der Waals surface area contributed by atoms with E-state index in [4.69, 9.17) is 0 Å². The Bertz CT molecular complexity index is 649. The lowest BCUT2D eigenvalue weighted by Gasteiger charge is -2.07. The first kappa shape index (κ1) is 13.8. The van der Waals surface area contributed by atoms with Gasteiger partial charge in [0.15, 0.2) is 0 Å². The summed E-state index contributed by atoms with van der Waals surface area (Å²) >= 11 is 4.56. The average molecular weight is 341 g/mol. The first-order chi connectivity index (χ1) is 9.00. The fourth-order valence-corrected chi connectivity index (χ4v) is 2.87. The zero-order chi connectivity index (χ0) is 14.0. The first-order valence-electron chi connectivity index (χ1n) is 5.26. The number of nitrogens with zero attached hydrogens (tertiary/aromatic N) is 2. The topological polar surface area (TPSA) is 76.3 Å². The first-order valence-corrected chi connectivity index (χ1v) is 6.87. The van der Waals surface area contributed by atoms with E-state index in [2.05, 4.69) is 20.9 Å². The van der Waals surface area contributed by atoms with Crippen LogP contribution in [0.5, 0.6) is 5.75 Å². The Labute approximate surface area is 122 Å². The molecule has 98 valence electrons. The predicted octanol–water partition coefficient (Wildman–Crippen LogP) is 3.92. The predicted molar refractivity (Wildman–Crippen MR) is 75.6 cm³/mol. The molecule has 1 aromatic carbocycles. The molecule has 1 N–H and O–H groups in total. The van der Waals surface area contributed by atoms with Gasteiger partial charge in [-0.25, -0.2) is 4.98 Å². The van der Waals surface area contributed by atoms with Gasteiger partial charge in [-0.2, -0.15) is 0 Å². The van der Waals surface area contributed by atoms with Gasteiger partial charge in [-0.05, 0) is 35.0 Å². The molecule has 5 nitrogen and oxygen atoms in total. The minimum atomic E-state index is -0.471. The quantitative estimate of drug-likeness (QED) is 0.676. The molecule has 0 saturated heterocycles. The van der Waals surface area contributed by atoms with Gasteiger partial charge < -0.3 is 5.11 Å². The number of para-hydroxylation sites is 1. The van der Waals surface area contributed by atoms with Crippen LogP contribution in [0.2, 0.25) is 0 Å². The molecule has 7 heteroatoms. The number of pyridine rings is 1. The molecule has 0 aliphatic rings. The molecular formula is C12H9BrN2O3S. The Morgan fingerprint density at radius 2 is 2.11 bits per heavy atom. The zero-order valence-electron chi connectivity index (χ0n) is 9.83. The van der Waals surface area contributed by atoms with Crippen molar-refractivity contribution in [3.8, 4) is 5.75 Å². The Morgan fingerprint density at radius 3 is 2.74 bits per heavy atom. The average Bonchev–Trinajstić information content (AvgIpc) is 2.37. The Hall–Kier alpha value is -1.60. The van der Waals surface area contributed by atoms with Gasteiger partial charge in [0.1, 0.15) is 17.0 Å². The number of benzene rings is 1. The zero-order valence-corrected chi connectivity index (χ0v) is 12.2. The van der Waals surface area contributed by atoms with E-state index in [0.29, 0.717) is 20.0 Å². The van der Waals surface area contributed by atoms with Crippen LogP contribution in [0.3, 0.4) is 0 Å². The van der Waals surface area contributed by atoms with Gasteiger partial charge in [-0.1, -0.05) is 23.9 Å². The van der Waals surface area contributed by atoms with Crippen LogP contribution in [0.15, 0.2) is 44.9 Å². The molecule has 2 rings (SSSR count). The third-order valence-electron chi connectivity index (χ3n) is 2.47. The number of rotatable bonds is 3. The van der Waals surface area contributed by atoms with Gasteiger partial charge in [0, 0.05) is 5.56 Å². The van der Waals surface area contributed by atoms with Crippen molar-refractivity contribution in [2.45, 2.75) is 16.8 Å². The van der Waals surface area contributed by atoms with E-state index in [1.165, 1.54) is 18.0 Å². The lowest BCUT2D eigenvalue weighted by atomic mass is 10.2. The highest BCUT2D eigenvalue weighted by Gasteiger charge is 2.18. The fraction of sp³-hybridized carbons (Fsp3) is 0.0833. The Balaban J connectivity index is 2.40. The summed E-state index contributed by atoms with van der Waals surface area (Å²) in [4.78, 5) is 15.0. The number of nitro groups is 1. The Kier molecular flexibility index (Phi) is 4.06. The summed E-state index contributed by atoms with van der Waals surface area (Å²) in [5.74, 6) is 0.150.